The highest BCUT2D eigenvalue weighted by Gasteiger charge is 2.32. The Balaban J connectivity index is 2.07. The van der Waals surface area contributed by atoms with Gasteiger partial charge in [0.05, 0.1) is 0 Å². The van der Waals surface area contributed by atoms with Gasteiger partial charge >= 0.3 is 6.36 Å². The highest BCUT2D eigenvalue weighted by molar-refractivity contribution is 5.99. The van der Waals surface area contributed by atoms with Gasteiger partial charge in [-0.1, -0.05) is 0 Å². The van der Waals surface area contributed by atoms with E-state index >= 15 is 0 Å². The van der Waals surface area contributed by atoms with Crippen LogP contribution in [0, 0.1) is 5.92 Å². The van der Waals surface area contributed by atoms with Crippen LogP contribution in [0.3, 0.4) is 0 Å². The summed E-state index contributed by atoms with van der Waals surface area (Å²) in [6, 6.07) is 5.04. The van der Waals surface area contributed by atoms with Crippen LogP contribution in [0.5, 0.6) is 5.75 Å². The molecule has 16 heavy (non-hydrogen) atoms. The second-order valence-electron chi connectivity index (χ2n) is 3.71. The van der Waals surface area contributed by atoms with Crippen molar-refractivity contribution in [3.05, 3.63) is 29.8 Å². The molecule has 86 valence electrons. The maximum Gasteiger partial charge on any atom is 0.573 e. The van der Waals surface area contributed by atoms with Gasteiger partial charge in [0, 0.05) is 11.5 Å². The smallest absolute Gasteiger partial charge is 0.406 e. The van der Waals surface area contributed by atoms with Gasteiger partial charge in [0.15, 0.2) is 5.78 Å². The van der Waals surface area contributed by atoms with Crippen LogP contribution in [0.4, 0.5) is 13.2 Å². The minimum atomic E-state index is -4.69. The summed E-state index contributed by atoms with van der Waals surface area (Å²) in [7, 11) is 0. The van der Waals surface area contributed by atoms with Crippen molar-refractivity contribution >= 4 is 5.78 Å². The molecule has 1 saturated carbocycles. The van der Waals surface area contributed by atoms with Crippen molar-refractivity contribution in [2.75, 3.05) is 0 Å². The predicted molar refractivity (Wildman–Crippen MR) is 50.2 cm³/mol. The molecule has 1 aliphatic carbocycles. The zero-order valence-corrected chi connectivity index (χ0v) is 8.25. The van der Waals surface area contributed by atoms with Crippen molar-refractivity contribution in [2.24, 2.45) is 5.92 Å². The fourth-order valence-electron chi connectivity index (χ4n) is 1.40. The average Bonchev–Trinajstić information content (AvgIpc) is 2.98. The van der Waals surface area contributed by atoms with E-state index < -0.39 is 6.36 Å². The summed E-state index contributed by atoms with van der Waals surface area (Å²) in [5.41, 5.74) is 0.442. The highest BCUT2D eigenvalue weighted by Crippen LogP contribution is 2.33. The Labute approximate surface area is 90.0 Å². The molecule has 0 N–H and O–H groups in total. The largest absolute Gasteiger partial charge is 0.573 e. The van der Waals surface area contributed by atoms with E-state index in [9.17, 15) is 18.0 Å². The molecule has 0 amide bonds. The van der Waals surface area contributed by atoms with Gasteiger partial charge in [-0.2, -0.15) is 0 Å². The quantitative estimate of drug-likeness (QED) is 0.745. The van der Waals surface area contributed by atoms with Crippen molar-refractivity contribution < 1.29 is 22.7 Å². The molecule has 1 fully saturated rings. The van der Waals surface area contributed by atoms with Gasteiger partial charge in [-0.25, -0.2) is 0 Å². The number of ether oxygens (including phenoxy) is 1. The third-order valence-electron chi connectivity index (χ3n) is 2.32. The highest BCUT2D eigenvalue weighted by atomic mass is 19.4. The number of alkyl halides is 3. The van der Waals surface area contributed by atoms with Gasteiger partial charge in [-0.15, -0.1) is 13.2 Å². The maximum absolute atomic E-state index is 11.8. The lowest BCUT2D eigenvalue weighted by Crippen LogP contribution is -2.17. The van der Waals surface area contributed by atoms with Crippen LogP contribution < -0.4 is 4.74 Å². The number of carbonyl (C=O) groups is 1. The molecule has 1 aromatic carbocycles. The molecule has 0 aromatic heterocycles. The second-order valence-corrected chi connectivity index (χ2v) is 3.71. The molecule has 2 rings (SSSR count). The molecule has 1 aliphatic rings. The van der Waals surface area contributed by atoms with E-state index in [0.717, 1.165) is 25.0 Å². The third-order valence-corrected chi connectivity index (χ3v) is 2.32. The zero-order valence-electron chi connectivity index (χ0n) is 8.25. The summed E-state index contributed by atoms with van der Waals surface area (Å²) >= 11 is 0. The Kier molecular flexibility index (Phi) is 2.61. The van der Waals surface area contributed by atoms with Gasteiger partial charge in [0.25, 0.3) is 0 Å². The lowest BCUT2D eigenvalue weighted by atomic mass is 10.1. The fourth-order valence-corrected chi connectivity index (χ4v) is 1.40. The van der Waals surface area contributed by atoms with Gasteiger partial charge in [-0.05, 0) is 37.1 Å². The molecular weight excluding hydrogens is 221 g/mol. The number of ketones is 1. The van der Waals surface area contributed by atoms with E-state index in [1.165, 1.54) is 12.1 Å². The third kappa shape index (κ3) is 2.74. The van der Waals surface area contributed by atoms with Crippen LogP contribution in [0.1, 0.15) is 23.2 Å². The lowest BCUT2D eigenvalue weighted by molar-refractivity contribution is -0.274. The van der Waals surface area contributed by atoms with E-state index in [2.05, 4.69) is 4.74 Å². The molecule has 0 atom stereocenters. The van der Waals surface area contributed by atoms with Gasteiger partial charge in [0.2, 0.25) is 0 Å². The number of rotatable bonds is 3. The monoisotopic (exact) mass is 230 g/mol. The summed E-state index contributed by atoms with van der Waals surface area (Å²) in [6.07, 6.45) is -2.94. The summed E-state index contributed by atoms with van der Waals surface area (Å²) < 4.78 is 39.2. The Morgan fingerprint density at radius 3 is 2.19 bits per heavy atom. The van der Waals surface area contributed by atoms with Gasteiger partial charge in [0.1, 0.15) is 5.75 Å². The normalized spacial score (nSPS) is 15.9. The molecule has 5 heteroatoms. The zero-order chi connectivity index (χ0) is 11.8. The molecule has 0 saturated heterocycles. The summed E-state index contributed by atoms with van der Waals surface area (Å²) in [6.45, 7) is 0. The van der Waals surface area contributed by atoms with Crippen LogP contribution in [0.15, 0.2) is 24.3 Å². The average molecular weight is 230 g/mol. The van der Waals surface area contributed by atoms with Crippen molar-refractivity contribution in [2.45, 2.75) is 19.2 Å². The van der Waals surface area contributed by atoms with Crippen LogP contribution in [-0.4, -0.2) is 12.1 Å². The molecule has 2 nitrogen and oxygen atoms in total. The van der Waals surface area contributed by atoms with Crippen molar-refractivity contribution in [3.8, 4) is 5.75 Å². The summed E-state index contributed by atoms with van der Waals surface area (Å²) in [5, 5.41) is 0. The predicted octanol–water partition coefficient (Wildman–Crippen LogP) is 3.18. The SMILES string of the molecule is O=C(c1ccc(OC(F)(F)F)cc1)C1CC1. The summed E-state index contributed by atoms with van der Waals surface area (Å²) in [4.78, 5) is 11.5. The van der Waals surface area contributed by atoms with E-state index in [1.807, 2.05) is 0 Å². The minimum absolute atomic E-state index is 0.00133. The Hall–Kier alpha value is -1.52. The molecule has 1 aromatic rings. The van der Waals surface area contributed by atoms with E-state index in [4.69, 9.17) is 0 Å². The number of hydrogen-bond acceptors (Lipinski definition) is 2. The number of hydrogen-bond donors (Lipinski definition) is 0. The molecule has 0 aliphatic heterocycles. The van der Waals surface area contributed by atoms with E-state index in [-0.39, 0.29) is 17.5 Å². The first-order valence-corrected chi connectivity index (χ1v) is 4.86. The Bertz CT molecular complexity index is 391. The number of halogens is 3. The minimum Gasteiger partial charge on any atom is -0.406 e. The first-order valence-electron chi connectivity index (χ1n) is 4.86. The fraction of sp³-hybridized carbons (Fsp3) is 0.364. The standard InChI is InChI=1S/C11H9F3O2/c12-11(13,14)16-9-5-3-8(4-6-9)10(15)7-1-2-7/h3-7H,1-2H2. The summed E-state index contributed by atoms with van der Waals surface area (Å²) in [5.74, 6) is -0.243. The molecule has 0 bridgehead atoms. The maximum atomic E-state index is 11.8. The first-order chi connectivity index (χ1) is 7.46. The lowest BCUT2D eigenvalue weighted by Gasteiger charge is -2.08. The van der Waals surface area contributed by atoms with Crippen LogP contribution in [0.2, 0.25) is 0 Å². The molecular formula is C11H9F3O2. The van der Waals surface area contributed by atoms with Crippen molar-refractivity contribution in [3.63, 3.8) is 0 Å². The van der Waals surface area contributed by atoms with E-state index in [0.29, 0.717) is 5.56 Å². The Morgan fingerprint density at radius 1 is 1.19 bits per heavy atom. The van der Waals surface area contributed by atoms with Gasteiger partial charge in [-0.3, -0.25) is 4.79 Å². The number of Topliss-reactive ketones (excluding diaryl/α,β-unsaturated/α-hetero) is 1. The molecule has 0 spiro atoms. The topological polar surface area (TPSA) is 26.3 Å². The van der Waals surface area contributed by atoms with Crippen molar-refractivity contribution in [1.29, 1.82) is 0 Å². The molecule has 0 radical (unpaired) electrons. The van der Waals surface area contributed by atoms with Crippen LogP contribution in [-0.2, 0) is 0 Å². The van der Waals surface area contributed by atoms with Gasteiger partial charge < -0.3 is 4.74 Å². The Morgan fingerprint density at radius 2 is 1.75 bits per heavy atom. The van der Waals surface area contributed by atoms with E-state index in [1.54, 1.807) is 0 Å². The molecule has 0 heterocycles. The first kappa shape index (κ1) is 11.0. The van der Waals surface area contributed by atoms with Crippen LogP contribution >= 0.6 is 0 Å². The van der Waals surface area contributed by atoms with Crippen LogP contribution in [0.25, 0.3) is 0 Å². The number of carbonyl (C=O) groups excluding carboxylic acids is 1. The molecule has 0 unspecified atom stereocenters. The second kappa shape index (κ2) is 3.81. The van der Waals surface area contributed by atoms with Crippen molar-refractivity contribution in [1.82, 2.24) is 0 Å². The number of benzene rings is 1.